The fourth-order valence-corrected chi connectivity index (χ4v) is 3.75. The van der Waals surface area contributed by atoms with Gasteiger partial charge in [0, 0.05) is 32.2 Å². The lowest BCUT2D eigenvalue weighted by Crippen LogP contribution is -2.50. The number of hydrogen-bond donors (Lipinski definition) is 1. The Kier molecular flexibility index (Phi) is 4.42. The summed E-state index contributed by atoms with van der Waals surface area (Å²) in [4.78, 5) is 2.63. The topological polar surface area (TPSA) is 15.3 Å². The Morgan fingerprint density at radius 1 is 1.25 bits per heavy atom. The Bertz CT molecular complexity index is 453. The number of hydrogen-bond acceptors (Lipinski definition) is 2. The summed E-state index contributed by atoms with van der Waals surface area (Å²) >= 11 is 0. The zero-order valence-corrected chi connectivity index (χ0v) is 13.0. The number of fused-ring (bicyclic) bond motifs is 1. The monoisotopic (exact) mass is 272 g/mol. The van der Waals surface area contributed by atoms with E-state index >= 15 is 0 Å². The molecule has 1 fully saturated rings. The summed E-state index contributed by atoms with van der Waals surface area (Å²) in [5.41, 5.74) is 4.71. The zero-order chi connectivity index (χ0) is 13.9. The number of piperazine rings is 1. The summed E-state index contributed by atoms with van der Waals surface area (Å²) in [6, 6.07) is 7.86. The van der Waals surface area contributed by atoms with Crippen LogP contribution >= 0.6 is 0 Å². The molecular weight excluding hydrogens is 244 g/mol. The van der Waals surface area contributed by atoms with E-state index in [-0.39, 0.29) is 0 Å². The molecule has 0 amide bonds. The molecule has 1 aromatic rings. The summed E-state index contributed by atoms with van der Waals surface area (Å²) in [5, 5.41) is 3.67. The highest BCUT2D eigenvalue weighted by Gasteiger charge is 2.20. The van der Waals surface area contributed by atoms with Crippen LogP contribution in [-0.2, 0) is 19.4 Å². The van der Waals surface area contributed by atoms with Gasteiger partial charge < -0.3 is 5.32 Å². The molecule has 1 saturated heterocycles. The van der Waals surface area contributed by atoms with Crippen LogP contribution in [0.5, 0.6) is 0 Å². The van der Waals surface area contributed by atoms with E-state index in [1.165, 1.54) is 44.3 Å². The first kappa shape index (κ1) is 14.1. The van der Waals surface area contributed by atoms with E-state index < -0.39 is 0 Å². The molecule has 20 heavy (non-hydrogen) atoms. The van der Waals surface area contributed by atoms with E-state index in [1.807, 2.05) is 0 Å². The molecule has 0 spiro atoms. The van der Waals surface area contributed by atoms with Gasteiger partial charge in [-0.3, -0.25) is 4.90 Å². The largest absolute Gasteiger partial charge is 0.311 e. The molecule has 1 aromatic carbocycles. The maximum absolute atomic E-state index is 3.67. The average Bonchev–Trinajstić information content (AvgIpc) is 2.85. The number of nitrogens with one attached hydrogen (secondary N) is 1. The molecule has 1 N–H and O–H groups in total. The molecule has 0 aromatic heterocycles. The number of rotatable bonds is 4. The predicted octanol–water partition coefficient (Wildman–Crippen LogP) is 3.00. The van der Waals surface area contributed by atoms with Crippen molar-refractivity contribution in [3.63, 3.8) is 0 Å². The third kappa shape index (κ3) is 3.42. The normalized spacial score (nSPS) is 23.2. The van der Waals surface area contributed by atoms with Gasteiger partial charge in [0.2, 0.25) is 0 Å². The molecule has 1 aliphatic carbocycles. The minimum Gasteiger partial charge on any atom is -0.311 e. The minimum absolute atomic E-state index is 0.679. The maximum Gasteiger partial charge on any atom is 0.0235 e. The molecule has 1 atom stereocenters. The summed E-state index contributed by atoms with van der Waals surface area (Å²) < 4.78 is 0. The fraction of sp³-hybridized carbons (Fsp3) is 0.667. The number of benzene rings is 1. The second-order valence-corrected chi connectivity index (χ2v) is 6.97. The summed E-state index contributed by atoms with van der Waals surface area (Å²) in [5.74, 6) is 0.785. The van der Waals surface area contributed by atoms with E-state index in [0.29, 0.717) is 6.04 Å². The van der Waals surface area contributed by atoms with Crippen LogP contribution in [0.2, 0.25) is 0 Å². The smallest absolute Gasteiger partial charge is 0.0235 e. The zero-order valence-electron chi connectivity index (χ0n) is 13.0. The molecule has 0 radical (unpaired) electrons. The molecule has 0 bridgehead atoms. The second-order valence-electron chi connectivity index (χ2n) is 6.97. The molecule has 1 unspecified atom stereocenters. The van der Waals surface area contributed by atoms with Crippen molar-refractivity contribution >= 4 is 0 Å². The van der Waals surface area contributed by atoms with Gasteiger partial charge in [-0.15, -0.1) is 0 Å². The van der Waals surface area contributed by atoms with Crippen LogP contribution in [0.3, 0.4) is 0 Å². The van der Waals surface area contributed by atoms with E-state index in [2.05, 4.69) is 42.3 Å². The summed E-state index contributed by atoms with van der Waals surface area (Å²) in [6.07, 6.45) is 5.23. The molecule has 2 heteroatoms. The molecular formula is C18H28N2. The van der Waals surface area contributed by atoms with Crippen molar-refractivity contribution in [3.05, 3.63) is 34.9 Å². The van der Waals surface area contributed by atoms with Gasteiger partial charge in [0.15, 0.2) is 0 Å². The van der Waals surface area contributed by atoms with Crippen molar-refractivity contribution in [2.24, 2.45) is 5.92 Å². The first-order valence-electron chi connectivity index (χ1n) is 8.27. The van der Waals surface area contributed by atoms with Crippen molar-refractivity contribution in [2.45, 2.75) is 52.1 Å². The molecule has 1 heterocycles. The van der Waals surface area contributed by atoms with Crippen molar-refractivity contribution in [1.82, 2.24) is 10.2 Å². The maximum atomic E-state index is 3.67. The van der Waals surface area contributed by atoms with Gasteiger partial charge in [-0.1, -0.05) is 32.0 Å². The Labute approximate surface area is 123 Å². The third-order valence-corrected chi connectivity index (χ3v) is 4.66. The standard InChI is InChI=1S/C18H28N2/c1-14(2)10-18-13-20(9-8-19-18)12-15-6-7-16-4-3-5-17(16)11-15/h6-7,11,14,18-19H,3-5,8-10,12-13H2,1-2H3. The first-order valence-corrected chi connectivity index (χ1v) is 8.27. The summed E-state index contributed by atoms with van der Waals surface area (Å²) in [7, 11) is 0. The second kappa shape index (κ2) is 6.28. The van der Waals surface area contributed by atoms with Crippen LogP contribution < -0.4 is 5.32 Å². The Morgan fingerprint density at radius 2 is 2.10 bits per heavy atom. The van der Waals surface area contributed by atoms with E-state index in [1.54, 1.807) is 11.1 Å². The first-order chi connectivity index (χ1) is 9.70. The van der Waals surface area contributed by atoms with Crippen LogP contribution in [0.4, 0.5) is 0 Å². The van der Waals surface area contributed by atoms with E-state index in [9.17, 15) is 0 Å². The fourth-order valence-electron chi connectivity index (χ4n) is 3.75. The van der Waals surface area contributed by atoms with Crippen molar-refractivity contribution in [1.29, 1.82) is 0 Å². The molecule has 3 rings (SSSR count). The van der Waals surface area contributed by atoms with Crippen LogP contribution in [0, 0.1) is 5.92 Å². The quantitative estimate of drug-likeness (QED) is 0.906. The van der Waals surface area contributed by atoms with Gasteiger partial charge >= 0.3 is 0 Å². The lowest BCUT2D eigenvalue weighted by atomic mass is 10.0. The number of nitrogens with zero attached hydrogens (tertiary/aromatic N) is 1. The van der Waals surface area contributed by atoms with Crippen LogP contribution in [0.1, 0.15) is 43.4 Å². The van der Waals surface area contributed by atoms with E-state index in [0.717, 1.165) is 19.0 Å². The lowest BCUT2D eigenvalue weighted by molar-refractivity contribution is 0.179. The molecule has 110 valence electrons. The SMILES string of the molecule is CC(C)CC1CN(Cc2ccc3c(c2)CCC3)CCN1. The predicted molar refractivity (Wildman–Crippen MR) is 85.0 cm³/mol. The number of aryl methyl sites for hydroxylation is 2. The highest BCUT2D eigenvalue weighted by atomic mass is 15.2. The third-order valence-electron chi connectivity index (χ3n) is 4.66. The molecule has 1 aliphatic heterocycles. The Balaban J connectivity index is 1.59. The Hall–Kier alpha value is -0.860. The minimum atomic E-state index is 0.679. The molecule has 2 nitrogen and oxygen atoms in total. The van der Waals surface area contributed by atoms with Gasteiger partial charge in [-0.25, -0.2) is 0 Å². The van der Waals surface area contributed by atoms with Gasteiger partial charge in [-0.05, 0) is 48.3 Å². The van der Waals surface area contributed by atoms with E-state index in [4.69, 9.17) is 0 Å². The highest BCUT2D eigenvalue weighted by Crippen LogP contribution is 2.23. The Morgan fingerprint density at radius 3 is 2.95 bits per heavy atom. The summed E-state index contributed by atoms with van der Waals surface area (Å²) in [6.45, 7) is 9.30. The van der Waals surface area contributed by atoms with Crippen LogP contribution in [0.15, 0.2) is 18.2 Å². The van der Waals surface area contributed by atoms with Gasteiger partial charge in [-0.2, -0.15) is 0 Å². The van der Waals surface area contributed by atoms with Gasteiger partial charge in [0.1, 0.15) is 0 Å². The molecule has 2 aliphatic rings. The van der Waals surface area contributed by atoms with Crippen LogP contribution in [0.25, 0.3) is 0 Å². The average molecular weight is 272 g/mol. The molecule has 0 saturated carbocycles. The highest BCUT2D eigenvalue weighted by molar-refractivity contribution is 5.35. The lowest BCUT2D eigenvalue weighted by Gasteiger charge is -2.34. The van der Waals surface area contributed by atoms with Gasteiger partial charge in [0.05, 0.1) is 0 Å². The van der Waals surface area contributed by atoms with Crippen molar-refractivity contribution in [3.8, 4) is 0 Å². The van der Waals surface area contributed by atoms with Gasteiger partial charge in [0.25, 0.3) is 0 Å². The van der Waals surface area contributed by atoms with Crippen LogP contribution in [-0.4, -0.2) is 30.6 Å². The van der Waals surface area contributed by atoms with Crippen molar-refractivity contribution < 1.29 is 0 Å². The van der Waals surface area contributed by atoms with Crippen molar-refractivity contribution in [2.75, 3.05) is 19.6 Å².